The van der Waals surface area contributed by atoms with E-state index in [1.807, 2.05) is 12.1 Å². The lowest BCUT2D eigenvalue weighted by molar-refractivity contribution is -0.122. The summed E-state index contributed by atoms with van der Waals surface area (Å²) in [5.74, 6) is 1.40. The average Bonchev–Trinajstić information content (AvgIpc) is 2.85. The van der Waals surface area contributed by atoms with Gasteiger partial charge in [-0.25, -0.2) is 0 Å². The summed E-state index contributed by atoms with van der Waals surface area (Å²) in [5, 5.41) is 0.405. The zero-order valence-corrected chi connectivity index (χ0v) is 9.83. The van der Waals surface area contributed by atoms with E-state index >= 15 is 0 Å². The Morgan fingerprint density at radius 3 is 3.06 bits per heavy atom. The highest BCUT2D eigenvalue weighted by Crippen LogP contribution is 2.36. The van der Waals surface area contributed by atoms with Crippen molar-refractivity contribution < 1.29 is 9.21 Å². The van der Waals surface area contributed by atoms with Crippen LogP contribution in [0.1, 0.15) is 25.0 Å². The first kappa shape index (κ1) is 11.5. The van der Waals surface area contributed by atoms with Crippen molar-refractivity contribution in [3.63, 3.8) is 0 Å². The molecule has 4 N–H and O–H groups in total. The SMILES string of the molecule is NC(=O)C1(N)CCC(SCc2ccco2)C1. The number of furan rings is 1. The molecule has 0 aliphatic heterocycles. The summed E-state index contributed by atoms with van der Waals surface area (Å²) >= 11 is 1.78. The Balaban J connectivity index is 1.83. The molecule has 4 nitrogen and oxygen atoms in total. The van der Waals surface area contributed by atoms with Crippen LogP contribution in [0.4, 0.5) is 0 Å². The van der Waals surface area contributed by atoms with Crippen LogP contribution in [0.2, 0.25) is 0 Å². The van der Waals surface area contributed by atoms with Crippen LogP contribution in [0.3, 0.4) is 0 Å². The summed E-state index contributed by atoms with van der Waals surface area (Å²) < 4.78 is 5.25. The lowest BCUT2D eigenvalue weighted by Crippen LogP contribution is -2.50. The van der Waals surface area contributed by atoms with Crippen molar-refractivity contribution in [1.29, 1.82) is 0 Å². The van der Waals surface area contributed by atoms with Crippen LogP contribution in [0, 0.1) is 0 Å². The first-order chi connectivity index (χ1) is 7.60. The minimum Gasteiger partial charge on any atom is -0.468 e. The fraction of sp³-hybridized carbons (Fsp3) is 0.545. The highest BCUT2D eigenvalue weighted by atomic mass is 32.2. The number of primary amides is 1. The second kappa shape index (κ2) is 4.51. The number of amides is 1. The monoisotopic (exact) mass is 240 g/mol. The van der Waals surface area contributed by atoms with Crippen molar-refractivity contribution in [2.24, 2.45) is 11.5 Å². The molecule has 1 heterocycles. The van der Waals surface area contributed by atoms with Gasteiger partial charge in [0.2, 0.25) is 5.91 Å². The van der Waals surface area contributed by atoms with E-state index < -0.39 is 5.54 Å². The van der Waals surface area contributed by atoms with Gasteiger partial charge in [0.1, 0.15) is 5.76 Å². The molecule has 1 aromatic heterocycles. The van der Waals surface area contributed by atoms with E-state index in [9.17, 15) is 4.79 Å². The maximum absolute atomic E-state index is 11.2. The first-order valence-electron chi connectivity index (χ1n) is 5.33. The zero-order chi connectivity index (χ0) is 11.6. The van der Waals surface area contributed by atoms with E-state index in [0.717, 1.165) is 17.9 Å². The average molecular weight is 240 g/mol. The van der Waals surface area contributed by atoms with Crippen molar-refractivity contribution >= 4 is 17.7 Å². The van der Waals surface area contributed by atoms with Crippen LogP contribution in [0.15, 0.2) is 22.8 Å². The molecule has 16 heavy (non-hydrogen) atoms. The third-order valence-electron chi connectivity index (χ3n) is 3.04. The molecule has 0 radical (unpaired) electrons. The first-order valence-corrected chi connectivity index (χ1v) is 6.38. The number of thioether (sulfide) groups is 1. The standard InChI is InChI=1S/C11H16N2O2S/c12-10(14)11(13)4-3-9(6-11)16-7-8-2-1-5-15-8/h1-2,5,9H,3-4,6-7,13H2,(H2,12,14). The summed E-state index contributed by atoms with van der Waals surface area (Å²) in [6, 6.07) is 3.83. The van der Waals surface area contributed by atoms with Crippen LogP contribution in [-0.2, 0) is 10.5 Å². The van der Waals surface area contributed by atoms with Gasteiger partial charge in [-0.1, -0.05) is 0 Å². The van der Waals surface area contributed by atoms with Crippen LogP contribution in [-0.4, -0.2) is 16.7 Å². The molecule has 0 aromatic carbocycles. The van der Waals surface area contributed by atoms with Crippen molar-refractivity contribution in [2.45, 2.75) is 35.8 Å². The Bertz CT molecular complexity index is 366. The van der Waals surface area contributed by atoms with Gasteiger partial charge in [-0.15, -0.1) is 0 Å². The van der Waals surface area contributed by atoms with Gasteiger partial charge in [0.15, 0.2) is 0 Å². The topological polar surface area (TPSA) is 82.2 Å². The third kappa shape index (κ3) is 2.41. The molecule has 1 amide bonds. The molecule has 0 saturated heterocycles. The molecular formula is C11H16N2O2S. The smallest absolute Gasteiger partial charge is 0.237 e. The van der Waals surface area contributed by atoms with Crippen molar-refractivity contribution in [2.75, 3.05) is 0 Å². The Morgan fingerprint density at radius 2 is 2.50 bits per heavy atom. The van der Waals surface area contributed by atoms with Gasteiger partial charge >= 0.3 is 0 Å². The van der Waals surface area contributed by atoms with E-state index in [4.69, 9.17) is 15.9 Å². The number of carbonyl (C=O) groups excluding carboxylic acids is 1. The van der Waals surface area contributed by atoms with Crippen LogP contribution in [0.5, 0.6) is 0 Å². The molecule has 1 aliphatic rings. The van der Waals surface area contributed by atoms with Gasteiger partial charge in [-0.05, 0) is 31.4 Å². The van der Waals surface area contributed by atoms with E-state index in [1.54, 1.807) is 18.0 Å². The van der Waals surface area contributed by atoms with Gasteiger partial charge in [-0.2, -0.15) is 11.8 Å². The molecule has 88 valence electrons. The number of rotatable bonds is 4. The molecule has 1 aromatic rings. The summed E-state index contributed by atoms with van der Waals surface area (Å²) in [4.78, 5) is 11.2. The molecular weight excluding hydrogens is 224 g/mol. The number of carbonyl (C=O) groups is 1. The van der Waals surface area contributed by atoms with E-state index in [2.05, 4.69) is 0 Å². The third-order valence-corrected chi connectivity index (χ3v) is 4.36. The van der Waals surface area contributed by atoms with Gasteiger partial charge in [0, 0.05) is 5.25 Å². The van der Waals surface area contributed by atoms with Crippen molar-refractivity contribution in [3.8, 4) is 0 Å². The predicted molar refractivity (Wildman–Crippen MR) is 63.8 cm³/mol. The summed E-state index contributed by atoms with van der Waals surface area (Å²) in [5.41, 5.74) is 10.4. The maximum atomic E-state index is 11.2. The molecule has 2 unspecified atom stereocenters. The molecule has 2 atom stereocenters. The van der Waals surface area contributed by atoms with E-state index in [0.29, 0.717) is 18.1 Å². The van der Waals surface area contributed by atoms with E-state index in [1.165, 1.54) is 0 Å². The molecule has 0 spiro atoms. The Hall–Kier alpha value is -0.940. The molecule has 5 heteroatoms. The molecule has 2 rings (SSSR count). The largest absolute Gasteiger partial charge is 0.468 e. The molecule has 1 aliphatic carbocycles. The fourth-order valence-electron chi connectivity index (χ4n) is 1.99. The normalized spacial score (nSPS) is 29.4. The molecule has 0 bridgehead atoms. The van der Waals surface area contributed by atoms with Crippen LogP contribution < -0.4 is 11.5 Å². The van der Waals surface area contributed by atoms with Crippen LogP contribution in [0.25, 0.3) is 0 Å². The summed E-state index contributed by atoms with van der Waals surface area (Å²) in [7, 11) is 0. The minimum atomic E-state index is -0.791. The Kier molecular flexibility index (Phi) is 3.25. The highest BCUT2D eigenvalue weighted by Gasteiger charge is 2.40. The summed E-state index contributed by atoms with van der Waals surface area (Å²) in [6.07, 6.45) is 3.98. The highest BCUT2D eigenvalue weighted by molar-refractivity contribution is 7.99. The second-order valence-electron chi connectivity index (χ2n) is 4.28. The molecule has 1 fully saturated rings. The van der Waals surface area contributed by atoms with Gasteiger partial charge in [-0.3, -0.25) is 4.79 Å². The van der Waals surface area contributed by atoms with Crippen molar-refractivity contribution in [3.05, 3.63) is 24.2 Å². The van der Waals surface area contributed by atoms with Gasteiger partial charge < -0.3 is 15.9 Å². The zero-order valence-electron chi connectivity index (χ0n) is 9.02. The summed E-state index contributed by atoms with van der Waals surface area (Å²) in [6.45, 7) is 0. The van der Waals surface area contributed by atoms with E-state index in [-0.39, 0.29) is 5.91 Å². The number of hydrogen-bond donors (Lipinski definition) is 2. The lowest BCUT2D eigenvalue weighted by Gasteiger charge is -2.19. The number of nitrogens with two attached hydrogens (primary N) is 2. The Labute approximate surface area is 98.7 Å². The fourth-order valence-corrected chi connectivity index (χ4v) is 3.25. The molecule has 1 saturated carbocycles. The van der Waals surface area contributed by atoms with Crippen molar-refractivity contribution in [1.82, 2.24) is 0 Å². The Morgan fingerprint density at radius 1 is 1.69 bits per heavy atom. The number of hydrogen-bond acceptors (Lipinski definition) is 4. The van der Waals surface area contributed by atoms with Gasteiger partial charge in [0.25, 0.3) is 0 Å². The maximum Gasteiger partial charge on any atom is 0.237 e. The van der Waals surface area contributed by atoms with Gasteiger partial charge in [0.05, 0.1) is 17.6 Å². The minimum absolute atomic E-state index is 0.381. The predicted octanol–water partition coefficient (Wildman–Crippen LogP) is 1.25. The second-order valence-corrected chi connectivity index (χ2v) is 5.56. The van der Waals surface area contributed by atoms with Crippen LogP contribution >= 0.6 is 11.8 Å². The quantitative estimate of drug-likeness (QED) is 0.829. The lowest BCUT2D eigenvalue weighted by atomic mass is 9.99.